The Morgan fingerprint density at radius 1 is 1.05 bits per heavy atom. The smallest absolute Gasteiger partial charge is 0.475 e. The fraction of sp³-hybridized carbons (Fsp3) is 0.609. The van der Waals surface area contributed by atoms with Crippen LogP contribution in [0.2, 0.25) is 0 Å². The van der Waals surface area contributed by atoms with E-state index in [1.165, 1.54) is 25.7 Å². The lowest BCUT2D eigenvalue weighted by atomic mass is 9.90. The van der Waals surface area contributed by atoms with E-state index in [-0.39, 0.29) is 0 Å². The van der Waals surface area contributed by atoms with E-state index in [0.717, 1.165) is 38.3 Å². The number of likely N-dealkylation sites (tertiary alicyclic amines) is 1. The van der Waals surface area contributed by atoms with Crippen molar-refractivity contribution in [2.45, 2.75) is 63.5 Å². The number of aryl methyl sites for hydroxylation is 2. The predicted octanol–water partition coefficient (Wildman–Crippen LogP) is 4.57. The molecule has 1 unspecified atom stereocenters. The van der Waals surface area contributed by atoms with Crippen molar-refractivity contribution in [3.63, 3.8) is 0 Å². The van der Waals surface area contributed by atoms with Gasteiger partial charge in [0.05, 0.1) is 0 Å². The Hall–Kier alpha value is -2.65. The highest BCUT2D eigenvalue weighted by Crippen LogP contribution is 2.33. The highest BCUT2D eigenvalue weighted by molar-refractivity contribution is 7.10. The maximum absolute atomic E-state index is 10.6. The molecule has 0 spiro atoms. The summed E-state index contributed by atoms with van der Waals surface area (Å²) in [4.78, 5) is 26.3. The number of carboxylic acids is 2. The number of aliphatic carboxylic acids is 2. The predicted molar refractivity (Wildman–Crippen MR) is 125 cm³/mol. The fourth-order valence-electron chi connectivity index (χ4n) is 4.23. The summed E-state index contributed by atoms with van der Waals surface area (Å²) in [5.41, 5.74) is 3.22. The van der Waals surface area contributed by atoms with Gasteiger partial charge in [0.1, 0.15) is 11.9 Å². The molecular formula is C23H29F6N3O5S. The van der Waals surface area contributed by atoms with Crippen LogP contribution in [0.25, 0.3) is 0 Å². The van der Waals surface area contributed by atoms with Crippen molar-refractivity contribution in [3.8, 4) is 0 Å². The van der Waals surface area contributed by atoms with Gasteiger partial charge in [-0.25, -0.2) is 14.6 Å². The zero-order valence-electron chi connectivity index (χ0n) is 20.4. The van der Waals surface area contributed by atoms with Gasteiger partial charge < -0.3 is 19.9 Å². The number of aliphatic hydroxyl groups is 1. The van der Waals surface area contributed by atoms with Crippen LogP contribution in [0.4, 0.5) is 26.3 Å². The summed E-state index contributed by atoms with van der Waals surface area (Å²) in [5.74, 6) is -4.38. The van der Waals surface area contributed by atoms with Crippen LogP contribution < -0.4 is 0 Å². The van der Waals surface area contributed by atoms with Gasteiger partial charge in [-0.3, -0.25) is 4.90 Å². The van der Waals surface area contributed by atoms with Crippen LogP contribution in [0.1, 0.15) is 53.6 Å². The van der Waals surface area contributed by atoms with E-state index in [9.17, 15) is 31.4 Å². The Balaban J connectivity index is 0.000000301. The summed E-state index contributed by atoms with van der Waals surface area (Å²) in [6.07, 6.45) is 0.487. The Bertz CT molecular complexity index is 1040. The monoisotopic (exact) mass is 573 g/mol. The van der Waals surface area contributed by atoms with E-state index in [1.54, 1.807) is 22.2 Å². The first kappa shape index (κ1) is 31.6. The van der Waals surface area contributed by atoms with Crippen LogP contribution in [0.15, 0.2) is 17.8 Å². The van der Waals surface area contributed by atoms with Gasteiger partial charge >= 0.3 is 24.3 Å². The Morgan fingerprint density at radius 3 is 2.05 bits per heavy atom. The van der Waals surface area contributed by atoms with Crippen molar-refractivity contribution in [2.24, 2.45) is 13.0 Å². The molecule has 214 valence electrons. The van der Waals surface area contributed by atoms with Crippen molar-refractivity contribution in [3.05, 3.63) is 39.6 Å². The molecule has 0 saturated carbocycles. The van der Waals surface area contributed by atoms with E-state index < -0.39 is 30.4 Å². The van der Waals surface area contributed by atoms with Crippen molar-refractivity contribution in [1.29, 1.82) is 0 Å². The zero-order chi connectivity index (χ0) is 28.7. The van der Waals surface area contributed by atoms with Gasteiger partial charge in [0.15, 0.2) is 0 Å². The summed E-state index contributed by atoms with van der Waals surface area (Å²) in [7, 11) is 1.96. The molecule has 8 nitrogen and oxygen atoms in total. The topological polar surface area (TPSA) is 116 Å². The van der Waals surface area contributed by atoms with Crippen LogP contribution in [0, 0.1) is 5.92 Å². The number of halogens is 6. The molecule has 0 radical (unpaired) electrons. The van der Waals surface area contributed by atoms with Crippen LogP contribution >= 0.6 is 11.3 Å². The lowest BCUT2D eigenvalue weighted by Gasteiger charge is -2.34. The molecule has 3 heterocycles. The molecule has 1 saturated heterocycles. The molecule has 1 aliphatic heterocycles. The van der Waals surface area contributed by atoms with Crippen LogP contribution in [-0.2, 0) is 36.0 Å². The number of aromatic nitrogens is 2. The summed E-state index contributed by atoms with van der Waals surface area (Å²) in [6, 6.07) is 0. The number of alkyl halides is 6. The van der Waals surface area contributed by atoms with E-state index in [4.69, 9.17) is 19.8 Å². The number of carbonyl (C=O) groups is 2. The summed E-state index contributed by atoms with van der Waals surface area (Å²) in [6.45, 7) is 3.25. The Morgan fingerprint density at radius 2 is 1.58 bits per heavy atom. The molecule has 0 amide bonds. The largest absolute Gasteiger partial charge is 0.490 e. The minimum atomic E-state index is -5.08. The summed E-state index contributed by atoms with van der Waals surface area (Å²) >= 11 is 1.97. The average molecular weight is 574 g/mol. The van der Waals surface area contributed by atoms with Gasteiger partial charge in [0.2, 0.25) is 0 Å². The third-order valence-corrected chi connectivity index (χ3v) is 7.37. The molecule has 0 bridgehead atoms. The maximum Gasteiger partial charge on any atom is 0.490 e. The van der Waals surface area contributed by atoms with Crippen LogP contribution in [0.3, 0.4) is 0 Å². The van der Waals surface area contributed by atoms with Gasteiger partial charge in [-0.1, -0.05) is 0 Å². The SMILES string of the molecule is Cn1ccnc1C(O)C1CCN(Cc2csc3c2CCCC3)CC1.O=C(O)C(F)(F)F.O=C(O)C(F)(F)F. The van der Waals surface area contributed by atoms with Crippen molar-refractivity contribution < 1.29 is 51.3 Å². The van der Waals surface area contributed by atoms with Gasteiger partial charge in [-0.2, -0.15) is 26.3 Å². The second-order valence-corrected chi connectivity index (χ2v) is 9.89. The summed E-state index contributed by atoms with van der Waals surface area (Å²) in [5, 5.41) is 27.3. The second kappa shape index (κ2) is 13.4. The number of rotatable bonds is 4. The molecule has 1 aliphatic carbocycles. The molecule has 3 N–H and O–H groups in total. The minimum Gasteiger partial charge on any atom is -0.475 e. The van der Waals surface area contributed by atoms with E-state index in [1.807, 2.05) is 29.1 Å². The van der Waals surface area contributed by atoms with Gasteiger partial charge in [-0.05, 0) is 74.0 Å². The molecule has 38 heavy (non-hydrogen) atoms. The van der Waals surface area contributed by atoms with Crippen molar-refractivity contribution in [2.75, 3.05) is 13.1 Å². The third-order valence-electron chi connectivity index (χ3n) is 6.23. The highest BCUT2D eigenvalue weighted by Gasteiger charge is 2.39. The number of carboxylic acid groups (broad SMARTS) is 2. The second-order valence-electron chi connectivity index (χ2n) is 8.93. The molecule has 2 aliphatic rings. The standard InChI is InChI=1S/C19H27N3OS.2C2HF3O2/c1-21-11-8-20-19(21)18(23)14-6-9-22(10-7-14)12-15-13-24-17-5-3-2-4-16(15)17;2*3-2(4,5)1(6)7/h8,11,13-14,18,23H,2-7,9-10,12H2,1H3;2*(H,6,7). The molecule has 15 heteroatoms. The number of nitrogens with zero attached hydrogens (tertiary/aromatic N) is 3. The van der Waals surface area contributed by atoms with E-state index >= 15 is 0 Å². The lowest BCUT2D eigenvalue weighted by Crippen LogP contribution is -2.35. The minimum absolute atomic E-state index is 0.332. The number of thiophene rings is 1. The molecular weight excluding hydrogens is 544 g/mol. The number of aliphatic hydroxyl groups excluding tert-OH is 1. The Labute approximate surface area is 218 Å². The Kier molecular flexibility index (Phi) is 11.2. The van der Waals surface area contributed by atoms with Crippen molar-refractivity contribution >= 4 is 23.3 Å². The van der Waals surface area contributed by atoms with Gasteiger partial charge in [0, 0.05) is 30.9 Å². The molecule has 2 aromatic rings. The number of hydrogen-bond donors (Lipinski definition) is 3. The van der Waals surface area contributed by atoms with E-state index in [0.29, 0.717) is 5.92 Å². The quantitative estimate of drug-likeness (QED) is 0.459. The van der Waals surface area contributed by atoms with Gasteiger partial charge in [-0.15, -0.1) is 11.3 Å². The van der Waals surface area contributed by atoms with Crippen LogP contribution in [0.5, 0.6) is 0 Å². The average Bonchev–Trinajstić information content (AvgIpc) is 3.45. The molecule has 4 rings (SSSR count). The number of fused-ring (bicyclic) bond motifs is 1. The number of hydrogen-bond acceptors (Lipinski definition) is 6. The number of imidazole rings is 1. The first-order valence-electron chi connectivity index (χ1n) is 11.7. The third kappa shape index (κ3) is 9.27. The normalized spacial score (nSPS) is 17.4. The lowest BCUT2D eigenvalue weighted by molar-refractivity contribution is -0.193. The molecule has 1 fully saturated rings. The first-order valence-corrected chi connectivity index (χ1v) is 12.5. The molecule has 0 aromatic carbocycles. The molecule has 1 atom stereocenters. The summed E-state index contributed by atoms with van der Waals surface area (Å²) < 4.78 is 65.4. The van der Waals surface area contributed by atoms with Crippen molar-refractivity contribution in [1.82, 2.24) is 14.5 Å². The maximum atomic E-state index is 10.6. The van der Waals surface area contributed by atoms with E-state index in [2.05, 4.69) is 15.3 Å². The van der Waals surface area contributed by atoms with Crippen LogP contribution in [-0.4, -0.2) is 67.2 Å². The molecule has 2 aromatic heterocycles. The highest BCUT2D eigenvalue weighted by atomic mass is 32.1. The van der Waals surface area contributed by atoms with Gasteiger partial charge in [0.25, 0.3) is 0 Å². The number of piperidine rings is 1. The first-order chi connectivity index (χ1) is 17.6. The zero-order valence-corrected chi connectivity index (χ0v) is 21.2. The fourth-order valence-corrected chi connectivity index (χ4v) is 5.37.